The summed E-state index contributed by atoms with van der Waals surface area (Å²) in [5, 5.41) is 10.3. The predicted molar refractivity (Wildman–Crippen MR) is 197 cm³/mol. The van der Waals surface area contributed by atoms with Crippen LogP contribution in [0.15, 0.2) is 41.2 Å². The summed E-state index contributed by atoms with van der Waals surface area (Å²) in [6.07, 6.45) is -2.86. The third-order valence-corrected chi connectivity index (χ3v) is 11.1. The molecular formula is C35H27Cl2F6N9O5S. The molecule has 0 aliphatic heterocycles. The zero-order valence-corrected chi connectivity index (χ0v) is 32.3. The summed E-state index contributed by atoms with van der Waals surface area (Å²) >= 11 is 12.9. The van der Waals surface area contributed by atoms with Crippen molar-refractivity contribution in [2.45, 2.75) is 43.7 Å². The molecule has 0 bridgehead atoms. The number of pyridine rings is 1. The van der Waals surface area contributed by atoms with Crippen LogP contribution >= 0.6 is 23.2 Å². The molecule has 2 N–H and O–H groups in total. The number of halogens is 8. The minimum Gasteiger partial charge on any atom is -0.480 e. The molecule has 4 aromatic heterocycles. The molecule has 2 aromatic carbocycles. The van der Waals surface area contributed by atoms with E-state index in [0.29, 0.717) is 10.7 Å². The van der Waals surface area contributed by atoms with E-state index in [1.807, 2.05) is 0 Å². The van der Waals surface area contributed by atoms with Gasteiger partial charge in [-0.3, -0.25) is 28.2 Å². The number of alkyl halides is 4. The maximum atomic E-state index is 15.4. The standard InChI is InChI=1S/C35H27Cl2F6N9O5S/c1-50-27-22(5-4-19(36)25(27)31(48-50)49-58(3,55)56)52-32(45-30-17(34(52)54)11-20(37)33(46-30)57-2)21(8-13-6-14(38)9-15(39)7-13)44-23(53)12-51-28-24(26(47-51)29(40)41)16-10-18(16)35(28,42)43/h4-7,9,11,16,18,21,29H,8,10,12H2,1-3H3,(H,44,53)(H,48,49)/t16-,18+,21+/m1/s1. The number of nitrogens with one attached hydrogen (secondary N) is 2. The first kappa shape index (κ1) is 39.4. The molecule has 4 heterocycles. The predicted octanol–water partition coefficient (Wildman–Crippen LogP) is 6.08. The van der Waals surface area contributed by atoms with Crippen LogP contribution in [0, 0.1) is 17.6 Å². The topological polar surface area (TPSA) is 168 Å². The van der Waals surface area contributed by atoms with E-state index in [0.717, 1.165) is 23.0 Å². The zero-order chi connectivity index (χ0) is 41.7. The highest BCUT2D eigenvalue weighted by Gasteiger charge is 2.67. The third kappa shape index (κ3) is 6.67. The molecule has 0 radical (unpaired) electrons. The summed E-state index contributed by atoms with van der Waals surface area (Å²) in [7, 11) is -1.25. The van der Waals surface area contributed by atoms with E-state index >= 15 is 8.78 Å². The lowest BCUT2D eigenvalue weighted by atomic mass is 10.0. The summed E-state index contributed by atoms with van der Waals surface area (Å²) in [4.78, 5) is 37.6. The fourth-order valence-electron chi connectivity index (χ4n) is 7.61. The monoisotopic (exact) mass is 869 g/mol. The second kappa shape index (κ2) is 13.9. The molecule has 1 amide bonds. The number of aryl methyl sites for hydroxylation is 1. The maximum absolute atomic E-state index is 15.4. The Morgan fingerprint density at radius 2 is 1.78 bits per heavy atom. The van der Waals surface area contributed by atoms with Crippen molar-refractivity contribution >= 4 is 66.9 Å². The number of amides is 1. The van der Waals surface area contributed by atoms with Crippen molar-refractivity contribution < 1.29 is 44.3 Å². The molecule has 0 saturated heterocycles. The van der Waals surface area contributed by atoms with Gasteiger partial charge in [0.2, 0.25) is 21.8 Å². The highest BCUT2D eigenvalue weighted by molar-refractivity contribution is 7.92. The van der Waals surface area contributed by atoms with Gasteiger partial charge in [0.15, 0.2) is 11.5 Å². The average Bonchev–Trinajstić information content (AvgIpc) is 3.66. The largest absolute Gasteiger partial charge is 0.480 e. The van der Waals surface area contributed by atoms with Crippen molar-refractivity contribution in [3.63, 3.8) is 0 Å². The Morgan fingerprint density at radius 3 is 2.43 bits per heavy atom. The molecule has 14 nitrogen and oxygen atoms in total. The Kier molecular flexibility index (Phi) is 9.42. The fraction of sp³-hybridized carbons (Fsp3) is 0.314. The van der Waals surface area contributed by atoms with Gasteiger partial charge in [0.05, 0.1) is 46.4 Å². The van der Waals surface area contributed by atoms with Gasteiger partial charge in [0.1, 0.15) is 40.4 Å². The number of benzene rings is 2. The van der Waals surface area contributed by atoms with Crippen molar-refractivity contribution in [1.29, 1.82) is 0 Å². The molecule has 0 spiro atoms. The minimum absolute atomic E-state index is 0.000226. The van der Waals surface area contributed by atoms with E-state index < -0.39 is 87.7 Å². The number of methoxy groups -OCH3 is 1. The van der Waals surface area contributed by atoms with E-state index in [1.165, 1.54) is 37.0 Å². The lowest BCUT2D eigenvalue weighted by Crippen LogP contribution is -2.38. The van der Waals surface area contributed by atoms with Gasteiger partial charge >= 0.3 is 0 Å². The van der Waals surface area contributed by atoms with Crippen LogP contribution in [0.1, 0.15) is 53.1 Å². The number of anilines is 1. The summed E-state index contributed by atoms with van der Waals surface area (Å²) in [5.74, 6) is -9.44. The number of rotatable bonds is 11. The molecule has 1 fully saturated rings. The number of carbonyl (C=O) groups is 1. The quantitative estimate of drug-likeness (QED) is 0.147. The van der Waals surface area contributed by atoms with Gasteiger partial charge in [-0.25, -0.2) is 31.0 Å². The molecule has 3 atom stereocenters. The second-order valence-corrected chi connectivity index (χ2v) is 16.4. The Hall–Kier alpha value is -5.41. The number of hydrogen-bond donors (Lipinski definition) is 2. The molecular weight excluding hydrogens is 843 g/mol. The van der Waals surface area contributed by atoms with Crippen LogP contribution in [0.4, 0.5) is 32.2 Å². The first-order valence-corrected chi connectivity index (χ1v) is 19.7. The summed E-state index contributed by atoms with van der Waals surface area (Å²) in [6.45, 7) is -1.01. The van der Waals surface area contributed by atoms with E-state index in [2.05, 4.69) is 30.2 Å². The molecule has 8 rings (SSSR count). The smallest absolute Gasteiger partial charge is 0.293 e. The zero-order valence-electron chi connectivity index (χ0n) is 30.0. The molecule has 2 aliphatic carbocycles. The van der Waals surface area contributed by atoms with Crippen molar-refractivity contribution in [2.24, 2.45) is 13.0 Å². The van der Waals surface area contributed by atoms with Crippen molar-refractivity contribution in [1.82, 2.24) is 39.4 Å². The molecule has 0 unspecified atom stereocenters. The third-order valence-electron chi connectivity index (χ3n) is 9.91. The Morgan fingerprint density at radius 1 is 1.07 bits per heavy atom. The number of hydrogen-bond acceptors (Lipinski definition) is 9. The van der Waals surface area contributed by atoms with E-state index in [9.17, 15) is 35.6 Å². The maximum Gasteiger partial charge on any atom is 0.293 e. The number of ether oxygens (including phenoxy) is 1. The van der Waals surface area contributed by atoms with Crippen molar-refractivity contribution in [3.05, 3.63) is 96.8 Å². The number of carbonyl (C=O) groups excluding carboxylic acids is 1. The summed E-state index contributed by atoms with van der Waals surface area (Å²) < 4.78 is 123. The van der Waals surface area contributed by atoms with Crippen LogP contribution in [0.2, 0.25) is 10.0 Å². The Labute approximate surface area is 332 Å². The van der Waals surface area contributed by atoms with Gasteiger partial charge in [-0.05, 0) is 48.2 Å². The highest BCUT2D eigenvalue weighted by Crippen LogP contribution is 2.68. The van der Waals surface area contributed by atoms with E-state index in [1.54, 1.807) is 0 Å². The first-order chi connectivity index (χ1) is 27.3. The molecule has 58 heavy (non-hydrogen) atoms. The van der Waals surface area contributed by atoms with E-state index in [4.69, 9.17) is 27.9 Å². The lowest BCUT2D eigenvalue weighted by Gasteiger charge is -2.24. The number of fused-ring (bicyclic) bond motifs is 5. The summed E-state index contributed by atoms with van der Waals surface area (Å²) in [5.41, 5.74) is -3.20. The number of aromatic nitrogens is 7. The van der Waals surface area contributed by atoms with Gasteiger partial charge in [0, 0.05) is 31.0 Å². The average molecular weight is 871 g/mol. The molecule has 2 aliphatic rings. The van der Waals surface area contributed by atoms with Gasteiger partial charge in [0.25, 0.3) is 17.9 Å². The van der Waals surface area contributed by atoms with Gasteiger partial charge in [-0.1, -0.05) is 23.2 Å². The Bertz CT molecular complexity index is 2890. The molecule has 1 saturated carbocycles. The van der Waals surface area contributed by atoms with Gasteiger partial charge < -0.3 is 10.1 Å². The Balaban J connectivity index is 1.34. The van der Waals surface area contributed by atoms with Crippen molar-refractivity contribution in [2.75, 3.05) is 18.1 Å². The van der Waals surface area contributed by atoms with Crippen LogP contribution in [0.3, 0.4) is 0 Å². The van der Waals surface area contributed by atoms with Gasteiger partial charge in [-0.15, -0.1) is 0 Å². The highest BCUT2D eigenvalue weighted by atomic mass is 35.5. The molecule has 6 aromatic rings. The van der Waals surface area contributed by atoms with Crippen LogP contribution in [-0.4, -0.2) is 61.8 Å². The first-order valence-electron chi connectivity index (χ1n) is 17.1. The SMILES string of the molecule is COc1nc2nc([C@H](Cc3cc(F)cc(F)c3)NC(=O)Cn3nc(C(F)F)c4c3C(F)(F)[C@H]3C[C@@H]43)n(-c3ccc(Cl)c4c(NS(C)(=O)=O)nn(C)c34)c(=O)c2cc1Cl. The normalized spacial score (nSPS) is 17.4. The van der Waals surface area contributed by atoms with Crippen molar-refractivity contribution in [3.8, 4) is 11.6 Å². The molecule has 304 valence electrons. The van der Waals surface area contributed by atoms with Crippen LogP contribution in [0.25, 0.3) is 27.6 Å². The van der Waals surface area contributed by atoms with Crippen LogP contribution < -0.4 is 20.3 Å². The van der Waals surface area contributed by atoms with Gasteiger partial charge in [-0.2, -0.15) is 24.0 Å². The van der Waals surface area contributed by atoms with Crippen LogP contribution in [0.5, 0.6) is 5.88 Å². The lowest BCUT2D eigenvalue weighted by molar-refractivity contribution is -0.123. The number of nitrogens with zero attached hydrogens (tertiary/aromatic N) is 7. The summed E-state index contributed by atoms with van der Waals surface area (Å²) in [6, 6.07) is 4.81. The minimum atomic E-state index is -3.92. The fourth-order valence-corrected chi connectivity index (χ4v) is 8.57. The van der Waals surface area contributed by atoms with Crippen LogP contribution in [-0.2, 0) is 40.8 Å². The second-order valence-electron chi connectivity index (χ2n) is 13.9. The number of sulfonamides is 1. The molecule has 23 heteroatoms. The van der Waals surface area contributed by atoms with E-state index in [-0.39, 0.29) is 72.7 Å².